The first kappa shape index (κ1) is 15.1. The molecule has 1 saturated heterocycles. The van der Waals surface area contributed by atoms with Gasteiger partial charge in [-0.1, -0.05) is 37.3 Å². The summed E-state index contributed by atoms with van der Waals surface area (Å²) < 4.78 is 0. The molecule has 0 N–H and O–H groups in total. The first-order valence-corrected chi connectivity index (χ1v) is 8.04. The highest BCUT2D eigenvalue weighted by atomic mass is 15.3. The van der Waals surface area contributed by atoms with Crippen molar-refractivity contribution in [3.63, 3.8) is 0 Å². The fraction of sp³-hybridized carbons (Fsp3) is 0.444. The summed E-state index contributed by atoms with van der Waals surface area (Å²) in [4.78, 5) is 13.9. The third kappa shape index (κ3) is 3.51. The zero-order valence-electron chi connectivity index (χ0n) is 13.4. The van der Waals surface area contributed by atoms with Crippen LogP contribution in [0.25, 0.3) is 0 Å². The number of likely N-dealkylation sites (N-methyl/N-ethyl adjacent to an activating group) is 1. The molecule has 1 aromatic carbocycles. The van der Waals surface area contributed by atoms with Gasteiger partial charge in [0.05, 0.1) is 5.69 Å². The number of hydrogen-bond donors (Lipinski definition) is 0. The molecule has 1 aliphatic heterocycles. The van der Waals surface area contributed by atoms with Crippen molar-refractivity contribution in [3.8, 4) is 0 Å². The van der Waals surface area contributed by atoms with E-state index >= 15 is 0 Å². The number of aromatic nitrogens is 2. The average Bonchev–Trinajstić information content (AvgIpc) is 2.57. The molecule has 0 spiro atoms. The van der Waals surface area contributed by atoms with Gasteiger partial charge in [0, 0.05) is 44.8 Å². The number of rotatable bonds is 4. The van der Waals surface area contributed by atoms with Crippen molar-refractivity contribution in [2.24, 2.45) is 0 Å². The highest BCUT2D eigenvalue weighted by molar-refractivity contribution is 5.20. The van der Waals surface area contributed by atoms with Gasteiger partial charge in [-0.25, -0.2) is 9.97 Å². The van der Waals surface area contributed by atoms with Crippen LogP contribution in [0.3, 0.4) is 0 Å². The molecule has 116 valence electrons. The van der Waals surface area contributed by atoms with E-state index in [1.165, 1.54) is 5.56 Å². The molecular formula is C18H24N4. The zero-order valence-corrected chi connectivity index (χ0v) is 13.4. The average molecular weight is 296 g/mol. The van der Waals surface area contributed by atoms with Gasteiger partial charge in [0.2, 0.25) is 0 Å². The number of piperazine rings is 1. The first-order valence-electron chi connectivity index (χ1n) is 8.04. The van der Waals surface area contributed by atoms with Crippen LogP contribution in [0.5, 0.6) is 0 Å². The van der Waals surface area contributed by atoms with Gasteiger partial charge in [0.1, 0.15) is 5.82 Å². The molecule has 4 nitrogen and oxygen atoms in total. The summed E-state index contributed by atoms with van der Waals surface area (Å²) >= 11 is 0. The summed E-state index contributed by atoms with van der Waals surface area (Å²) in [5.74, 6) is 0.936. The van der Waals surface area contributed by atoms with E-state index in [-0.39, 0.29) is 0 Å². The highest BCUT2D eigenvalue weighted by Crippen LogP contribution is 2.24. The van der Waals surface area contributed by atoms with Crippen LogP contribution in [0.4, 0.5) is 0 Å². The van der Waals surface area contributed by atoms with E-state index in [9.17, 15) is 0 Å². The molecular weight excluding hydrogens is 272 g/mol. The van der Waals surface area contributed by atoms with Gasteiger partial charge < -0.3 is 0 Å². The Kier molecular flexibility index (Phi) is 4.80. The first-order chi connectivity index (χ1) is 10.8. The molecule has 0 saturated carbocycles. The van der Waals surface area contributed by atoms with Crippen LogP contribution >= 0.6 is 0 Å². The Morgan fingerprint density at radius 2 is 1.95 bits per heavy atom. The molecule has 0 aliphatic carbocycles. The smallest absolute Gasteiger partial charge is 0.128 e. The van der Waals surface area contributed by atoms with E-state index in [1.54, 1.807) is 0 Å². The number of nitrogens with zero attached hydrogens (tertiary/aromatic N) is 4. The lowest BCUT2D eigenvalue weighted by Gasteiger charge is -2.39. The van der Waals surface area contributed by atoms with Crippen LogP contribution in [0, 0.1) is 0 Å². The molecule has 0 bridgehead atoms. The molecule has 2 aromatic rings. The maximum atomic E-state index is 4.64. The maximum Gasteiger partial charge on any atom is 0.128 e. The van der Waals surface area contributed by atoms with Gasteiger partial charge in [-0.15, -0.1) is 0 Å². The standard InChI is InChI=1S/C18H24N4/c1-3-18-19-10-9-16(20-18)13-22-12-11-21(2)17(14-22)15-7-5-4-6-8-15/h4-10,17H,3,11-14H2,1-2H3/t17-/m0/s1. The van der Waals surface area contributed by atoms with Crippen molar-refractivity contribution < 1.29 is 0 Å². The fourth-order valence-electron chi connectivity index (χ4n) is 3.04. The third-order valence-electron chi connectivity index (χ3n) is 4.38. The lowest BCUT2D eigenvalue weighted by molar-refractivity contribution is 0.0895. The van der Waals surface area contributed by atoms with Crippen LogP contribution in [0.1, 0.15) is 30.0 Å². The van der Waals surface area contributed by atoms with Crippen molar-refractivity contribution in [2.75, 3.05) is 26.7 Å². The quantitative estimate of drug-likeness (QED) is 0.868. The van der Waals surface area contributed by atoms with Crippen molar-refractivity contribution >= 4 is 0 Å². The Hall–Kier alpha value is -1.78. The Morgan fingerprint density at radius 1 is 1.14 bits per heavy atom. The molecule has 1 aliphatic rings. The largest absolute Gasteiger partial charge is 0.297 e. The number of hydrogen-bond acceptors (Lipinski definition) is 4. The van der Waals surface area contributed by atoms with E-state index < -0.39 is 0 Å². The van der Waals surface area contributed by atoms with Crippen LogP contribution in [-0.2, 0) is 13.0 Å². The molecule has 1 atom stereocenters. The predicted molar refractivity (Wildman–Crippen MR) is 88.5 cm³/mol. The maximum absolute atomic E-state index is 4.64. The number of benzene rings is 1. The Balaban J connectivity index is 1.70. The van der Waals surface area contributed by atoms with E-state index in [0.717, 1.165) is 44.1 Å². The molecule has 1 aromatic heterocycles. The molecule has 4 heteroatoms. The van der Waals surface area contributed by atoms with Gasteiger partial charge in [0.25, 0.3) is 0 Å². The monoisotopic (exact) mass is 296 g/mol. The molecule has 22 heavy (non-hydrogen) atoms. The van der Waals surface area contributed by atoms with Crippen LogP contribution in [-0.4, -0.2) is 46.4 Å². The Labute approximate surface area is 132 Å². The summed E-state index contributed by atoms with van der Waals surface area (Å²) in [5, 5.41) is 0. The van der Waals surface area contributed by atoms with E-state index in [0.29, 0.717) is 6.04 Å². The minimum Gasteiger partial charge on any atom is -0.297 e. The van der Waals surface area contributed by atoms with Crippen molar-refractivity contribution in [3.05, 3.63) is 59.7 Å². The molecule has 0 unspecified atom stereocenters. The van der Waals surface area contributed by atoms with Crippen LogP contribution < -0.4 is 0 Å². The zero-order chi connectivity index (χ0) is 15.4. The summed E-state index contributed by atoms with van der Waals surface area (Å²) in [6.45, 7) is 6.23. The van der Waals surface area contributed by atoms with Crippen molar-refractivity contribution in [2.45, 2.75) is 25.9 Å². The lowest BCUT2D eigenvalue weighted by atomic mass is 10.0. The summed E-state index contributed by atoms with van der Waals surface area (Å²) in [7, 11) is 2.22. The normalized spacial score (nSPS) is 20.2. The molecule has 2 heterocycles. The Bertz CT molecular complexity index is 599. The highest BCUT2D eigenvalue weighted by Gasteiger charge is 2.25. The van der Waals surface area contributed by atoms with Gasteiger partial charge >= 0.3 is 0 Å². The molecule has 0 radical (unpaired) electrons. The predicted octanol–water partition coefficient (Wildman–Crippen LogP) is 2.53. The van der Waals surface area contributed by atoms with Crippen LogP contribution in [0.15, 0.2) is 42.6 Å². The molecule has 3 rings (SSSR count). The summed E-state index contributed by atoms with van der Waals surface area (Å²) in [5.41, 5.74) is 2.52. The summed E-state index contributed by atoms with van der Waals surface area (Å²) in [6.07, 6.45) is 2.77. The molecule has 1 fully saturated rings. The van der Waals surface area contributed by atoms with Crippen molar-refractivity contribution in [1.82, 2.24) is 19.8 Å². The SMILES string of the molecule is CCc1nccc(CN2CCN(C)[C@H](c3ccccc3)C2)n1. The topological polar surface area (TPSA) is 32.3 Å². The van der Waals surface area contributed by atoms with Crippen LogP contribution in [0.2, 0.25) is 0 Å². The van der Waals surface area contributed by atoms with Crippen molar-refractivity contribution in [1.29, 1.82) is 0 Å². The van der Waals surface area contributed by atoms with Gasteiger partial charge in [-0.3, -0.25) is 9.80 Å². The Morgan fingerprint density at radius 3 is 2.73 bits per heavy atom. The second-order valence-corrected chi connectivity index (χ2v) is 5.96. The number of aryl methyl sites for hydroxylation is 1. The fourth-order valence-corrected chi connectivity index (χ4v) is 3.04. The molecule has 0 amide bonds. The minimum absolute atomic E-state index is 0.461. The lowest BCUT2D eigenvalue weighted by Crippen LogP contribution is -2.46. The van der Waals surface area contributed by atoms with Gasteiger partial charge in [-0.2, -0.15) is 0 Å². The second kappa shape index (κ2) is 6.99. The van der Waals surface area contributed by atoms with E-state index in [2.05, 4.69) is 64.1 Å². The van der Waals surface area contributed by atoms with Gasteiger partial charge in [0.15, 0.2) is 0 Å². The van der Waals surface area contributed by atoms with E-state index in [4.69, 9.17) is 0 Å². The second-order valence-electron chi connectivity index (χ2n) is 5.96. The van der Waals surface area contributed by atoms with E-state index in [1.807, 2.05) is 12.3 Å². The van der Waals surface area contributed by atoms with Gasteiger partial charge in [-0.05, 0) is 18.7 Å². The minimum atomic E-state index is 0.461. The summed E-state index contributed by atoms with van der Waals surface area (Å²) in [6, 6.07) is 13.3. The third-order valence-corrected chi connectivity index (χ3v) is 4.38.